The van der Waals surface area contributed by atoms with E-state index in [9.17, 15) is 0 Å². The minimum Gasteiger partial charge on any atom is -0.325 e. The molecule has 1 atom stereocenters. The second-order valence-electron chi connectivity index (χ2n) is 5.15. The van der Waals surface area contributed by atoms with E-state index in [4.69, 9.17) is 5.73 Å². The lowest BCUT2D eigenvalue weighted by Crippen LogP contribution is -2.37. The number of hydrogen-bond acceptors (Lipinski definition) is 1. The van der Waals surface area contributed by atoms with E-state index < -0.39 is 0 Å². The molecule has 0 saturated heterocycles. The minimum absolute atomic E-state index is 0.178. The third kappa shape index (κ3) is 2.10. The summed E-state index contributed by atoms with van der Waals surface area (Å²) in [6, 6.07) is 15.0. The number of rotatable bonds is 2. The topological polar surface area (TPSA) is 26.0 Å². The van der Waals surface area contributed by atoms with Crippen LogP contribution in [-0.4, -0.2) is 5.54 Å². The highest BCUT2D eigenvalue weighted by Gasteiger charge is 2.21. The minimum atomic E-state index is -0.178. The molecule has 0 radical (unpaired) electrons. The first kappa shape index (κ1) is 11.2. The zero-order chi connectivity index (χ0) is 11.8. The Morgan fingerprint density at radius 3 is 2.25 bits per heavy atom. The van der Waals surface area contributed by atoms with Crippen molar-refractivity contribution < 1.29 is 0 Å². The maximum atomic E-state index is 6.16. The van der Waals surface area contributed by atoms with Crippen LogP contribution in [0.5, 0.6) is 0 Å². The van der Waals surface area contributed by atoms with Crippen LogP contribution in [0.15, 0.2) is 42.5 Å². The highest BCUT2D eigenvalue weighted by molar-refractivity contribution is 5.83. The van der Waals surface area contributed by atoms with E-state index in [2.05, 4.69) is 63.2 Å². The highest BCUT2D eigenvalue weighted by Crippen LogP contribution is 2.28. The van der Waals surface area contributed by atoms with Gasteiger partial charge in [-0.05, 0) is 36.1 Å². The summed E-state index contributed by atoms with van der Waals surface area (Å²) in [5, 5.41) is 2.57. The average Bonchev–Trinajstić information content (AvgIpc) is 2.26. The molecule has 0 aromatic heterocycles. The largest absolute Gasteiger partial charge is 0.325 e. The summed E-state index contributed by atoms with van der Waals surface area (Å²) >= 11 is 0. The number of fused-ring (bicyclic) bond motifs is 1. The van der Waals surface area contributed by atoms with Gasteiger partial charge in [-0.1, -0.05) is 49.4 Å². The van der Waals surface area contributed by atoms with Crippen molar-refractivity contribution in [3.63, 3.8) is 0 Å². The molecule has 0 amide bonds. The second kappa shape index (κ2) is 3.91. The van der Waals surface area contributed by atoms with Crippen LogP contribution >= 0.6 is 0 Å². The summed E-state index contributed by atoms with van der Waals surface area (Å²) in [7, 11) is 0. The van der Waals surface area contributed by atoms with Crippen molar-refractivity contribution >= 4 is 10.8 Å². The molecule has 84 valence electrons. The van der Waals surface area contributed by atoms with Gasteiger partial charge in [0.1, 0.15) is 0 Å². The third-order valence-corrected chi connectivity index (χ3v) is 3.39. The van der Waals surface area contributed by atoms with Crippen molar-refractivity contribution in [1.82, 2.24) is 0 Å². The van der Waals surface area contributed by atoms with E-state index in [1.54, 1.807) is 0 Å². The molecule has 2 rings (SSSR count). The molecule has 0 unspecified atom stereocenters. The Balaban J connectivity index is 2.47. The molecule has 1 heteroatoms. The molecule has 2 N–H and O–H groups in total. The van der Waals surface area contributed by atoms with Crippen molar-refractivity contribution in [3.8, 4) is 0 Å². The summed E-state index contributed by atoms with van der Waals surface area (Å²) in [6.45, 7) is 6.34. The van der Waals surface area contributed by atoms with Crippen LogP contribution in [0.3, 0.4) is 0 Å². The lowest BCUT2D eigenvalue weighted by atomic mass is 9.84. The Morgan fingerprint density at radius 1 is 1.00 bits per heavy atom. The monoisotopic (exact) mass is 213 g/mol. The Hall–Kier alpha value is -1.34. The maximum absolute atomic E-state index is 6.16. The normalized spacial score (nSPS) is 14.0. The van der Waals surface area contributed by atoms with Crippen molar-refractivity contribution in [2.45, 2.75) is 32.2 Å². The maximum Gasteiger partial charge on any atom is 0.0163 e. The van der Waals surface area contributed by atoms with Crippen LogP contribution in [0.2, 0.25) is 0 Å². The fraction of sp³-hybridized carbons (Fsp3) is 0.333. The van der Waals surface area contributed by atoms with Crippen molar-refractivity contribution in [2.75, 3.05) is 0 Å². The number of hydrogen-bond donors (Lipinski definition) is 1. The summed E-state index contributed by atoms with van der Waals surface area (Å²) in [4.78, 5) is 0. The van der Waals surface area contributed by atoms with Gasteiger partial charge in [0.05, 0.1) is 0 Å². The molecule has 0 aliphatic carbocycles. The molecule has 0 bridgehead atoms. The molecule has 2 aromatic rings. The van der Waals surface area contributed by atoms with E-state index in [1.807, 2.05) is 0 Å². The predicted octanol–water partition coefficient (Wildman–Crippen LogP) is 3.68. The Morgan fingerprint density at radius 2 is 1.62 bits per heavy atom. The SMILES string of the molecule is C[C@H](c1ccc2ccccc2c1)C(C)(C)N. The van der Waals surface area contributed by atoms with Gasteiger partial charge in [0.2, 0.25) is 0 Å². The smallest absolute Gasteiger partial charge is 0.0163 e. The number of benzene rings is 2. The molecule has 0 aliphatic heterocycles. The summed E-state index contributed by atoms with van der Waals surface area (Å²) < 4.78 is 0. The van der Waals surface area contributed by atoms with Crippen LogP contribution in [0.4, 0.5) is 0 Å². The van der Waals surface area contributed by atoms with E-state index in [1.165, 1.54) is 16.3 Å². The summed E-state index contributed by atoms with van der Waals surface area (Å²) in [5.74, 6) is 0.358. The van der Waals surface area contributed by atoms with E-state index in [-0.39, 0.29) is 5.54 Å². The van der Waals surface area contributed by atoms with Gasteiger partial charge < -0.3 is 5.73 Å². The Bertz CT molecular complexity index is 494. The van der Waals surface area contributed by atoms with Gasteiger partial charge in [-0.2, -0.15) is 0 Å². The fourth-order valence-electron chi connectivity index (χ4n) is 1.91. The van der Waals surface area contributed by atoms with Gasteiger partial charge in [-0.25, -0.2) is 0 Å². The molecule has 2 aromatic carbocycles. The molecular weight excluding hydrogens is 194 g/mol. The van der Waals surface area contributed by atoms with E-state index in [0.717, 1.165) is 0 Å². The van der Waals surface area contributed by atoms with Gasteiger partial charge in [-0.15, -0.1) is 0 Å². The van der Waals surface area contributed by atoms with Gasteiger partial charge in [0.25, 0.3) is 0 Å². The van der Waals surface area contributed by atoms with Crippen LogP contribution in [-0.2, 0) is 0 Å². The Kier molecular flexibility index (Phi) is 2.73. The van der Waals surface area contributed by atoms with Gasteiger partial charge in [0, 0.05) is 5.54 Å². The molecule has 0 spiro atoms. The molecule has 1 nitrogen and oxygen atoms in total. The van der Waals surface area contributed by atoms with E-state index in [0.29, 0.717) is 5.92 Å². The lowest BCUT2D eigenvalue weighted by Gasteiger charge is -2.27. The van der Waals surface area contributed by atoms with Gasteiger partial charge in [-0.3, -0.25) is 0 Å². The standard InChI is InChI=1S/C15H19N/c1-11(15(2,3)16)13-9-8-12-6-4-5-7-14(12)10-13/h4-11H,16H2,1-3H3/t11-/m1/s1. The molecule has 0 aliphatic rings. The second-order valence-corrected chi connectivity index (χ2v) is 5.15. The zero-order valence-electron chi connectivity index (χ0n) is 10.2. The zero-order valence-corrected chi connectivity index (χ0v) is 10.2. The number of nitrogens with two attached hydrogens (primary N) is 1. The first-order valence-corrected chi connectivity index (χ1v) is 5.76. The van der Waals surface area contributed by atoms with Gasteiger partial charge >= 0.3 is 0 Å². The first-order valence-electron chi connectivity index (χ1n) is 5.76. The van der Waals surface area contributed by atoms with E-state index >= 15 is 0 Å². The molecule has 0 saturated carbocycles. The van der Waals surface area contributed by atoms with Crippen molar-refractivity contribution in [2.24, 2.45) is 5.73 Å². The summed E-state index contributed by atoms with van der Waals surface area (Å²) in [5.41, 5.74) is 7.29. The summed E-state index contributed by atoms with van der Waals surface area (Å²) in [6.07, 6.45) is 0. The van der Waals surface area contributed by atoms with Crippen molar-refractivity contribution in [3.05, 3.63) is 48.0 Å². The molecule has 0 heterocycles. The first-order chi connectivity index (χ1) is 7.48. The molecule has 0 fully saturated rings. The predicted molar refractivity (Wildman–Crippen MR) is 70.6 cm³/mol. The quantitative estimate of drug-likeness (QED) is 0.809. The van der Waals surface area contributed by atoms with Crippen LogP contribution in [0.1, 0.15) is 32.3 Å². The van der Waals surface area contributed by atoms with Crippen LogP contribution < -0.4 is 5.73 Å². The molecule has 16 heavy (non-hydrogen) atoms. The van der Waals surface area contributed by atoms with Gasteiger partial charge in [0.15, 0.2) is 0 Å². The molecular formula is C15H19N. The van der Waals surface area contributed by atoms with Crippen molar-refractivity contribution in [1.29, 1.82) is 0 Å². The average molecular weight is 213 g/mol. The third-order valence-electron chi connectivity index (χ3n) is 3.39. The lowest BCUT2D eigenvalue weighted by molar-refractivity contribution is 0.435. The van der Waals surface area contributed by atoms with Crippen LogP contribution in [0.25, 0.3) is 10.8 Å². The highest BCUT2D eigenvalue weighted by atomic mass is 14.7. The fourth-order valence-corrected chi connectivity index (χ4v) is 1.91. The Labute approximate surface area is 97.3 Å². The van der Waals surface area contributed by atoms with Crippen LogP contribution in [0, 0.1) is 0 Å².